The lowest BCUT2D eigenvalue weighted by Gasteiger charge is -2.26. The van der Waals surface area contributed by atoms with E-state index in [2.05, 4.69) is 20.7 Å². The van der Waals surface area contributed by atoms with E-state index in [0.717, 1.165) is 5.69 Å². The molecule has 0 saturated heterocycles. The van der Waals surface area contributed by atoms with Gasteiger partial charge >= 0.3 is 6.03 Å². The van der Waals surface area contributed by atoms with Crippen LogP contribution in [0.15, 0.2) is 48.8 Å². The SMILES string of the molecule is CN(CCCNC(=O)Nc1ccccc1)C[C@H]1C[C@@](O)(c2ccc3c(N)ncnn23)[C@H](O)[C@@H]1O. The molecule has 4 rings (SSSR count). The number of aliphatic hydroxyl groups is 3. The number of aromatic nitrogens is 3. The summed E-state index contributed by atoms with van der Waals surface area (Å²) in [5, 5.41) is 42.5. The molecule has 2 amide bonds. The van der Waals surface area contributed by atoms with Crippen molar-refractivity contribution in [3.8, 4) is 0 Å². The van der Waals surface area contributed by atoms with E-state index >= 15 is 0 Å². The number of anilines is 2. The molecular weight excluding hydrogens is 438 g/mol. The second kappa shape index (κ2) is 9.94. The summed E-state index contributed by atoms with van der Waals surface area (Å²) in [5.74, 6) is -0.0932. The number of fused-ring (bicyclic) bond motifs is 1. The number of amides is 2. The fraction of sp³-hybridized carbons (Fsp3) is 0.435. The van der Waals surface area contributed by atoms with E-state index in [1.807, 2.05) is 42.3 Å². The highest BCUT2D eigenvalue weighted by molar-refractivity contribution is 5.89. The summed E-state index contributed by atoms with van der Waals surface area (Å²) < 4.78 is 1.45. The van der Waals surface area contributed by atoms with Crippen LogP contribution < -0.4 is 16.4 Å². The van der Waals surface area contributed by atoms with Crippen LogP contribution in [0.4, 0.5) is 16.3 Å². The van der Waals surface area contributed by atoms with Crippen molar-refractivity contribution in [2.45, 2.75) is 30.7 Å². The Balaban J connectivity index is 1.29. The van der Waals surface area contributed by atoms with Gasteiger partial charge in [-0.15, -0.1) is 0 Å². The van der Waals surface area contributed by atoms with Gasteiger partial charge in [0.15, 0.2) is 5.82 Å². The minimum absolute atomic E-state index is 0.160. The lowest BCUT2D eigenvalue weighted by Crippen LogP contribution is -2.41. The summed E-state index contributed by atoms with van der Waals surface area (Å²) in [4.78, 5) is 17.9. The molecule has 2 heterocycles. The first-order chi connectivity index (χ1) is 16.3. The summed E-state index contributed by atoms with van der Waals surface area (Å²) >= 11 is 0. The largest absolute Gasteiger partial charge is 0.390 e. The summed E-state index contributed by atoms with van der Waals surface area (Å²) in [6.07, 6.45) is -0.330. The Morgan fingerprint density at radius 1 is 1.26 bits per heavy atom. The molecule has 1 saturated carbocycles. The van der Waals surface area contributed by atoms with Crippen molar-refractivity contribution in [2.24, 2.45) is 5.92 Å². The molecular formula is C23H31N7O4. The first-order valence-electron chi connectivity index (χ1n) is 11.3. The summed E-state index contributed by atoms with van der Waals surface area (Å²) in [6.45, 7) is 1.62. The molecule has 11 heteroatoms. The van der Waals surface area contributed by atoms with Crippen molar-refractivity contribution >= 4 is 23.1 Å². The van der Waals surface area contributed by atoms with E-state index in [4.69, 9.17) is 5.73 Å². The molecule has 0 radical (unpaired) electrons. The second-order valence-corrected chi connectivity index (χ2v) is 8.85. The average Bonchev–Trinajstić information content (AvgIpc) is 3.35. The minimum Gasteiger partial charge on any atom is -0.390 e. The third kappa shape index (κ3) is 4.82. The minimum atomic E-state index is -1.67. The van der Waals surface area contributed by atoms with Crippen LogP contribution in [0.2, 0.25) is 0 Å². The van der Waals surface area contributed by atoms with E-state index in [0.29, 0.717) is 37.3 Å². The number of hydrogen-bond donors (Lipinski definition) is 6. The summed E-state index contributed by atoms with van der Waals surface area (Å²) in [6, 6.07) is 12.3. The average molecular weight is 470 g/mol. The normalized spacial score (nSPS) is 24.6. The number of rotatable bonds is 8. The number of hydrogen-bond acceptors (Lipinski definition) is 8. The predicted molar refractivity (Wildman–Crippen MR) is 127 cm³/mol. The quantitative estimate of drug-likeness (QED) is 0.258. The van der Waals surface area contributed by atoms with Crippen LogP contribution in [0, 0.1) is 5.92 Å². The summed E-state index contributed by atoms with van der Waals surface area (Å²) in [5.41, 5.74) is 5.82. The van der Waals surface area contributed by atoms with Gasteiger partial charge in [0.25, 0.3) is 0 Å². The van der Waals surface area contributed by atoms with Crippen molar-refractivity contribution in [2.75, 3.05) is 37.7 Å². The first kappa shape index (κ1) is 23.9. The van der Waals surface area contributed by atoms with Crippen molar-refractivity contribution in [3.63, 3.8) is 0 Å². The van der Waals surface area contributed by atoms with E-state index in [-0.39, 0.29) is 24.2 Å². The molecule has 3 aromatic rings. The second-order valence-electron chi connectivity index (χ2n) is 8.85. The Morgan fingerprint density at radius 2 is 2.03 bits per heavy atom. The Bertz CT molecular complexity index is 1120. The fourth-order valence-corrected chi connectivity index (χ4v) is 4.63. The third-order valence-electron chi connectivity index (χ3n) is 6.37. The number of aliphatic hydroxyl groups excluding tert-OH is 2. The van der Waals surface area contributed by atoms with Gasteiger partial charge in [-0.05, 0) is 50.7 Å². The molecule has 1 aliphatic carbocycles. The van der Waals surface area contributed by atoms with Crippen LogP contribution in [-0.4, -0.2) is 79.7 Å². The number of carbonyl (C=O) groups is 1. The Kier molecular flexibility index (Phi) is 6.98. The molecule has 0 unspecified atom stereocenters. The van der Waals surface area contributed by atoms with Crippen LogP contribution in [0.25, 0.3) is 5.52 Å². The van der Waals surface area contributed by atoms with Gasteiger partial charge in [-0.3, -0.25) is 0 Å². The highest BCUT2D eigenvalue weighted by Gasteiger charge is 2.54. The van der Waals surface area contributed by atoms with Gasteiger partial charge in [0, 0.05) is 24.7 Å². The van der Waals surface area contributed by atoms with Gasteiger partial charge in [0.05, 0.1) is 11.8 Å². The van der Waals surface area contributed by atoms with Crippen molar-refractivity contribution in [1.29, 1.82) is 0 Å². The van der Waals surface area contributed by atoms with Gasteiger partial charge in [0.2, 0.25) is 0 Å². The zero-order chi connectivity index (χ0) is 24.3. The fourth-order valence-electron chi connectivity index (χ4n) is 4.63. The van der Waals surface area contributed by atoms with Crippen LogP contribution in [0.1, 0.15) is 18.5 Å². The number of nitrogens with two attached hydrogens (primary N) is 1. The van der Waals surface area contributed by atoms with Gasteiger partial charge in [-0.2, -0.15) is 5.10 Å². The molecule has 34 heavy (non-hydrogen) atoms. The third-order valence-corrected chi connectivity index (χ3v) is 6.37. The van der Waals surface area contributed by atoms with Gasteiger partial charge in [0.1, 0.15) is 23.5 Å². The Morgan fingerprint density at radius 3 is 2.79 bits per heavy atom. The topological polar surface area (TPSA) is 161 Å². The van der Waals surface area contributed by atoms with Crippen LogP contribution in [0.3, 0.4) is 0 Å². The number of para-hydroxylation sites is 1. The van der Waals surface area contributed by atoms with E-state index in [1.165, 1.54) is 10.8 Å². The molecule has 4 atom stereocenters. The molecule has 1 aliphatic rings. The molecule has 0 aliphatic heterocycles. The number of nitrogens with one attached hydrogen (secondary N) is 2. The van der Waals surface area contributed by atoms with Gasteiger partial charge in [-0.1, -0.05) is 18.2 Å². The molecule has 1 aromatic carbocycles. The standard InChI is InChI=1S/C23H31N7O4/c1-29(11-5-10-25-22(33)28-16-6-3-2-4-7-16)13-15-12-23(34,20(32)19(15)31)18-9-8-17-21(24)26-14-27-30(17)18/h2-4,6-9,14-15,19-20,31-32,34H,5,10-13H2,1H3,(H2,24,26,27)(H2,25,28,33)/t15-,19-,20-,23-/m1/s1. The van der Waals surface area contributed by atoms with E-state index in [1.54, 1.807) is 12.1 Å². The molecule has 1 fully saturated rings. The molecule has 7 N–H and O–H groups in total. The van der Waals surface area contributed by atoms with Crippen LogP contribution in [0.5, 0.6) is 0 Å². The highest BCUT2D eigenvalue weighted by Crippen LogP contribution is 2.43. The summed E-state index contributed by atoms with van der Waals surface area (Å²) in [7, 11) is 1.90. The molecule has 182 valence electrons. The highest BCUT2D eigenvalue weighted by atomic mass is 16.4. The molecule has 2 aromatic heterocycles. The number of nitrogens with zero attached hydrogens (tertiary/aromatic N) is 4. The predicted octanol–water partition coefficient (Wildman–Crippen LogP) is 0.384. The smallest absolute Gasteiger partial charge is 0.319 e. The van der Waals surface area contributed by atoms with Crippen molar-refractivity contribution < 1.29 is 20.1 Å². The van der Waals surface area contributed by atoms with Gasteiger partial charge in [-0.25, -0.2) is 14.3 Å². The van der Waals surface area contributed by atoms with Crippen LogP contribution in [-0.2, 0) is 5.60 Å². The first-order valence-corrected chi connectivity index (χ1v) is 11.3. The molecule has 0 spiro atoms. The van der Waals surface area contributed by atoms with E-state index < -0.39 is 17.8 Å². The Labute approximate surface area is 197 Å². The number of urea groups is 1. The van der Waals surface area contributed by atoms with Crippen molar-refractivity contribution in [3.05, 3.63) is 54.5 Å². The maximum Gasteiger partial charge on any atom is 0.319 e. The lowest BCUT2D eigenvalue weighted by atomic mass is 9.94. The molecule has 11 nitrogen and oxygen atoms in total. The van der Waals surface area contributed by atoms with E-state index in [9.17, 15) is 20.1 Å². The lowest BCUT2D eigenvalue weighted by molar-refractivity contribution is -0.0955. The molecule has 0 bridgehead atoms. The zero-order valence-electron chi connectivity index (χ0n) is 19.0. The number of nitrogen functional groups attached to an aromatic ring is 1. The monoisotopic (exact) mass is 469 g/mol. The van der Waals surface area contributed by atoms with Gasteiger partial charge < -0.3 is 36.6 Å². The Hall–Kier alpha value is -3.25. The van der Waals surface area contributed by atoms with Crippen molar-refractivity contribution in [1.82, 2.24) is 24.8 Å². The maximum absolute atomic E-state index is 12.0. The zero-order valence-corrected chi connectivity index (χ0v) is 19.0. The number of carbonyl (C=O) groups excluding carboxylic acids is 1. The maximum atomic E-state index is 12.0. The van der Waals surface area contributed by atoms with Crippen LogP contribution >= 0.6 is 0 Å². The number of benzene rings is 1.